The molecule has 4 nitrogen and oxygen atoms in total. The van der Waals surface area contributed by atoms with Gasteiger partial charge in [0.15, 0.2) is 0 Å². The first-order chi connectivity index (χ1) is 10.1. The number of pyridine rings is 1. The SMILES string of the molecule is CCCCCC(CC)c1cc2[nH]cc(C(N)=O)c(=O)c2s1. The Morgan fingerprint density at radius 3 is 2.76 bits per heavy atom. The number of amides is 1. The van der Waals surface area contributed by atoms with E-state index in [0.717, 1.165) is 18.4 Å². The molecular weight excluding hydrogens is 284 g/mol. The molecule has 0 saturated carbocycles. The van der Waals surface area contributed by atoms with Crippen molar-refractivity contribution < 1.29 is 4.79 Å². The fourth-order valence-electron chi connectivity index (χ4n) is 2.60. The average molecular weight is 306 g/mol. The Hall–Kier alpha value is -1.62. The highest BCUT2D eigenvalue weighted by Crippen LogP contribution is 2.33. The summed E-state index contributed by atoms with van der Waals surface area (Å²) in [6.07, 6.45) is 7.29. The van der Waals surface area contributed by atoms with Gasteiger partial charge in [0.1, 0.15) is 5.56 Å². The van der Waals surface area contributed by atoms with Crippen LogP contribution >= 0.6 is 11.3 Å². The molecule has 0 aliphatic rings. The maximum absolute atomic E-state index is 12.2. The summed E-state index contributed by atoms with van der Waals surface area (Å²) in [6, 6.07) is 2.05. The van der Waals surface area contributed by atoms with E-state index in [-0.39, 0.29) is 11.0 Å². The lowest BCUT2D eigenvalue weighted by Crippen LogP contribution is -2.21. The number of aromatic nitrogens is 1. The van der Waals surface area contributed by atoms with E-state index in [0.29, 0.717) is 10.6 Å². The Kier molecular flexibility index (Phi) is 5.17. The molecule has 2 aromatic rings. The third-order valence-electron chi connectivity index (χ3n) is 3.89. The number of nitrogens with two attached hydrogens (primary N) is 1. The highest BCUT2D eigenvalue weighted by Gasteiger charge is 2.16. The van der Waals surface area contributed by atoms with Crippen LogP contribution in [0.5, 0.6) is 0 Å². The lowest BCUT2D eigenvalue weighted by atomic mass is 9.97. The second-order valence-electron chi connectivity index (χ2n) is 5.39. The van der Waals surface area contributed by atoms with Gasteiger partial charge in [-0.3, -0.25) is 9.59 Å². The lowest BCUT2D eigenvalue weighted by Gasteiger charge is -2.11. The Labute approximate surface area is 128 Å². The van der Waals surface area contributed by atoms with Gasteiger partial charge in [-0.05, 0) is 24.8 Å². The molecule has 2 rings (SSSR count). The molecule has 1 atom stereocenters. The molecule has 0 aliphatic carbocycles. The second kappa shape index (κ2) is 6.89. The Morgan fingerprint density at radius 1 is 1.38 bits per heavy atom. The topological polar surface area (TPSA) is 76.0 Å². The maximum Gasteiger partial charge on any atom is 0.254 e. The summed E-state index contributed by atoms with van der Waals surface area (Å²) in [5.74, 6) is -0.193. The normalized spacial score (nSPS) is 12.7. The molecular formula is C16H22N2O2S. The van der Waals surface area contributed by atoms with Gasteiger partial charge in [0.05, 0.1) is 10.2 Å². The molecule has 0 radical (unpaired) electrons. The zero-order chi connectivity index (χ0) is 15.4. The van der Waals surface area contributed by atoms with Crippen LogP contribution in [0.1, 0.15) is 67.1 Å². The summed E-state index contributed by atoms with van der Waals surface area (Å²) in [4.78, 5) is 27.7. The predicted octanol–water partition coefficient (Wildman–Crippen LogP) is 3.76. The standard InChI is InChI=1S/C16H22N2O2S/c1-3-5-6-7-10(4-2)13-8-12-15(21-13)14(19)11(9-18-12)16(17)20/h8-10H,3-7H2,1-2H3,(H2,17,20)(H,18,19). The second-order valence-corrected chi connectivity index (χ2v) is 6.47. The van der Waals surface area contributed by atoms with Crippen LogP contribution in [0.4, 0.5) is 0 Å². The van der Waals surface area contributed by atoms with Crippen molar-refractivity contribution in [2.45, 2.75) is 51.9 Å². The van der Waals surface area contributed by atoms with Crippen LogP contribution in [-0.2, 0) is 0 Å². The van der Waals surface area contributed by atoms with E-state index in [2.05, 4.69) is 18.8 Å². The molecule has 2 aromatic heterocycles. The molecule has 0 bridgehead atoms. The molecule has 3 N–H and O–H groups in total. The van der Waals surface area contributed by atoms with E-state index in [9.17, 15) is 9.59 Å². The molecule has 1 unspecified atom stereocenters. The summed E-state index contributed by atoms with van der Waals surface area (Å²) in [6.45, 7) is 4.38. The van der Waals surface area contributed by atoms with Crippen molar-refractivity contribution in [1.82, 2.24) is 4.98 Å². The van der Waals surface area contributed by atoms with Gasteiger partial charge in [-0.25, -0.2) is 0 Å². The number of hydrogen-bond donors (Lipinski definition) is 2. The minimum Gasteiger partial charge on any atom is -0.365 e. The summed E-state index contributed by atoms with van der Waals surface area (Å²) >= 11 is 1.49. The van der Waals surface area contributed by atoms with Gasteiger partial charge >= 0.3 is 0 Å². The summed E-state index contributed by atoms with van der Waals surface area (Å²) in [5, 5.41) is 0. The fraction of sp³-hybridized carbons (Fsp3) is 0.500. The van der Waals surface area contributed by atoms with Crippen LogP contribution < -0.4 is 11.2 Å². The first-order valence-electron chi connectivity index (χ1n) is 7.53. The Bertz CT molecular complexity index is 687. The van der Waals surface area contributed by atoms with Crippen LogP contribution in [0, 0.1) is 0 Å². The third-order valence-corrected chi connectivity index (χ3v) is 5.19. The molecule has 0 aliphatic heterocycles. The smallest absolute Gasteiger partial charge is 0.254 e. The highest BCUT2D eigenvalue weighted by molar-refractivity contribution is 7.19. The van der Waals surface area contributed by atoms with Crippen molar-refractivity contribution in [2.75, 3.05) is 0 Å². The lowest BCUT2D eigenvalue weighted by molar-refractivity contribution is 0.0999. The highest BCUT2D eigenvalue weighted by atomic mass is 32.1. The van der Waals surface area contributed by atoms with Gasteiger partial charge in [-0.2, -0.15) is 0 Å². The van der Waals surface area contributed by atoms with E-state index in [1.165, 1.54) is 41.7 Å². The van der Waals surface area contributed by atoms with Crippen LogP contribution in [0.25, 0.3) is 10.2 Å². The van der Waals surface area contributed by atoms with Crippen molar-refractivity contribution in [2.24, 2.45) is 5.73 Å². The first kappa shape index (κ1) is 15.8. The van der Waals surface area contributed by atoms with Gasteiger partial charge in [0.2, 0.25) is 5.43 Å². The average Bonchev–Trinajstić information content (AvgIpc) is 2.88. The molecule has 1 amide bonds. The minimum absolute atomic E-state index is 0.0370. The molecule has 0 aromatic carbocycles. The number of fused-ring (bicyclic) bond motifs is 1. The quantitative estimate of drug-likeness (QED) is 0.764. The largest absolute Gasteiger partial charge is 0.365 e. The predicted molar refractivity (Wildman–Crippen MR) is 88.1 cm³/mol. The molecule has 5 heteroatoms. The number of nitrogens with one attached hydrogen (secondary N) is 1. The zero-order valence-electron chi connectivity index (χ0n) is 12.6. The molecule has 0 fully saturated rings. The van der Waals surface area contributed by atoms with E-state index < -0.39 is 5.91 Å². The zero-order valence-corrected chi connectivity index (χ0v) is 13.4. The number of primary amides is 1. The molecule has 0 spiro atoms. The number of thiophene rings is 1. The van der Waals surface area contributed by atoms with Gasteiger partial charge in [0, 0.05) is 11.1 Å². The number of carbonyl (C=O) groups is 1. The van der Waals surface area contributed by atoms with E-state index in [1.54, 1.807) is 0 Å². The van der Waals surface area contributed by atoms with Gasteiger partial charge in [0.25, 0.3) is 5.91 Å². The molecule has 2 heterocycles. The van der Waals surface area contributed by atoms with Crippen LogP contribution in [0.15, 0.2) is 17.1 Å². The van der Waals surface area contributed by atoms with Crippen molar-refractivity contribution in [3.8, 4) is 0 Å². The van der Waals surface area contributed by atoms with Crippen molar-refractivity contribution in [1.29, 1.82) is 0 Å². The van der Waals surface area contributed by atoms with Crippen molar-refractivity contribution in [3.05, 3.63) is 32.9 Å². The molecule has 0 saturated heterocycles. The third kappa shape index (κ3) is 3.35. The van der Waals surface area contributed by atoms with E-state index in [1.807, 2.05) is 6.07 Å². The maximum atomic E-state index is 12.2. The van der Waals surface area contributed by atoms with Gasteiger partial charge < -0.3 is 10.7 Å². The van der Waals surface area contributed by atoms with Gasteiger partial charge in [-0.15, -0.1) is 11.3 Å². The number of aromatic amines is 1. The number of carbonyl (C=O) groups excluding carboxylic acids is 1. The first-order valence-corrected chi connectivity index (χ1v) is 8.35. The monoisotopic (exact) mass is 306 g/mol. The summed E-state index contributed by atoms with van der Waals surface area (Å²) in [5.41, 5.74) is 5.81. The number of rotatable bonds is 7. The van der Waals surface area contributed by atoms with Crippen LogP contribution in [0.2, 0.25) is 0 Å². The summed E-state index contributed by atoms with van der Waals surface area (Å²) < 4.78 is 0.607. The Morgan fingerprint density at radius 2 is 2.14 bits per heavy atom. The minimum atomic E-state index is -0.678. The van der Waals surface area contributed by atoms with E-state index >= 15 is 0 Å². The molecule has 21 heavy (non-hydrogen) atoms. The molecule has 114 valence electrons. The number of hydrogen-bond acceptors (Lipinski definition) is 3. The van der Waals surface area contributed by atoms with Crippen molar-refractivity contribution in [3.63, 3.8) is 0 Å². The van der Waals surface area contributed by atoms with Gasteiger partial charge in [-0.1, -0.05) is 33.1 Å². The summed E-state index contributed by atoms with van der Waals surface area (Å²) in [7, 11) is 0. The Balaban J connectivity index is 2.35. The fourth-order valence-corrected chi connectivity index (χ4v) is 3.89. The number of H-pyrrole nitrogens is 1. The van der Waals surface area contributed by atoms with Crippen LogP contribution in [0.3, 0.4) is 0 Å². The van der Waals surface area contributed by atoms with Crippen LogP contribution in [-0.4, -0.2) is 10.9 Å². The number of unbranched alkanes of at least 4 members (excludes halogenated alkanes) is 2. The van der Waals surface area contributed by atoms with E-state index in [4.69, 9.17) is 5.73 Å². The van der Waals surface area contributed by atoms with Crippen molar-refractivity contribution >= 4 is 27.5 Å².